The van der Waals surface area contributed by atoms with Crippen molar-refractivity contribution >= 4 is 17.5 Å². The van der Waals surface area contributed by atoms with Crippen molar-refractivity contribution in [3.8, 4) is 17.2 Å². The Morgan fingerprint density at radius 2 is 1.68 bits per heavy atom. The van der Waals surface area contributed by atoms with E-state index in [9.17, 15) is 9.18 Å². The third-order valence-electron chi connectivity index (χ3n) is 3.72. The van der Waals surface area contributed by atoms with E-state index in [2.05, 4.69) is 5.32 Å². The van der Waals surface area contributed by atoms with Crippen molar-refractivity contribution in [3.63, 3.8) is 0 Å². The van der Waals surface area contributed by atoms with E-state index in [1.807, 2.05) is 0 Å². The molecule has 25 heavy (non-hydrogen) atoms. The molecule has 0 bridgehead atoms. The maximum atomic E-state index is 13.3. The number of rotatable bonds is 6. The van der Waals surface area contributed by atoms with Crippen molar-refractivity contribution in [2.75, 3.05) is 21.3 Å². The van der Waals surface area contributed by atoms with Gasteiger partial charge in [0, 0.05) is 5.56 Å². The summed E-state index contributed by atoms with van der Waals surface area (Å²) in [5.41, 5.74) is 1.03. The number of carbonyl (C=O) groups excluding carboxylic acids is 1. The molecule has 2 aromatic rings. The van der Waals surface area contributed by atoms with Gasteiger partial charge in [0.2, 0.25) is 5.75 Å². The van der Waals surface area contributed by atoms with Crippen LogP contribution in [0.5, 0.6) is 17.2 Å². The molecule has 0 saturated heterocycles. The zero-order valence-electron chi connectivity index (χ0n) is 14.4. The summed E-state index contributed by atoms with van der Waals surface area (Å²) in [6.45, 7) is 1.78. The van der Waals surface area contributed by atoms with E-state index in [4.69, 9.17) is 25.8 Å². The van der Waals surface area contributed by atoms with Crippen LogP contribution < -0.4 is 19.5 Å². The molecular weight excluding hydrogens is 349 g/mol. The summed E-state index contributed by atoms with van der Waals surface area (Å²) < 4.78 is 29.0. The fourth-order valence-electron chi connectivity index (χ4n) is 2.36. The van der Waals surface area contributed by atoms with Crippen LogP contribution in [0.2, 0.25) is 5.02 Å². The summed E-state index contributed by atoms with van der Waals surface area (Å²) in [7, 11) is 4.44. The zero-order chi connectivity index (χ0) is 18.6. The Morgan fingerprint density at radius 3 is 2.16 bits per heavy atom. The molecule has 1 unspecified atom stereocenters. The predicted molar refractivity (Wildman–Crippen MR) is 93.4 cm³/mol. The van der Waals surface area contributed by atoms with Crippen LogP contribution in [0.3, 0.4) is 0 Å². The van der Waals surface area contributed by atoms with Gasteiger partial charge in [0.25, 0.3) is 5.91 Å². The SMILES string of the molecule is COc1cc(C(=O)NC(C)c2ccc(F)c(Cl)c2)cc(OC)c1OC. The normalized spacial score (nSPS) is 11.6. The molecule has 0 aliphatic heterocycles. The van der Waals surface area contributed by atoms with E-state index in [1.54, 1.807) is 25.1 Å². The molecule has 7 heteroatoms. The van der Waals surface area contributed by atoms with Crippen molar-refractivity contribution in [1.82, 2.24) is 5.32 Å². The highest BCUT2D eigenvalue weighted by atomic mass is 35.5. The van der Waals surface area contributed by atoms with Gasteiger partial charge in [-0.05, 0) is 36.8 Å². The van der Waals surface area contributed by atoms with Crippen molar-refractivity contribution in [2.24, 2.45) is 0 Å². The van der Waals surface area contributed by atoms with Crippen LogP contribution in [0.15, 0.2) is 30.3 Å². The summed E-state index contributed by atoms with van der Waals surface area (Å²) in [4.78, 5) is 12.5. The smallest absolute Gasteiger partial charge is 0.252 e. The van der Waals surface area contributed by atoms with Crippen LogP contribution >= 0.6 is 11.6 Å². The molecule has 0 spiro atoms. The summed E-state index contributed by atoms with van der Waals surface area (Å²) >= 11 is 5.79. The van der Waals surface area contributed by atoms with Gasteiger partial charge in [-0.25, -0.2) is 4.39 Å². The Hall–Kier alpha value is -2.47. The fraction of sp³-hybridized carbons (Fsp3) is 0.278. The predicted octanol–water partition coefficient (Wildman–Crippen LogP) is 4.00. The molecule has 0 aromatic heterocycles. The third-order valence-corrected chi connectivity index (χ3v) is 4.01. The first-order valence-electron chi connectivity index (χ1n) is 7.47. The second kappa shape index (κ2) is 8.07. The van der Waals surface area contributed by atoms with Gasteiger partial charge in [-0.15, -0.1) is 0 Å². The largest absolute Gasteiger partial charge is 0.493 e. The summed E-state index contributed by atoms with van der Waals surface area (Å²) in [6.07, 6.45) is 0. The molecule has 1 amide bonds. The van der Waals surface area contributed by atoms with E-state index in [-0.39, 0.29) is 17.0 Å². The minimum atomic E-state index is -0.506. The Labute approximate surface area is 150 Å². The number of hydrogen-bond acceptors (Lipinski definition) is 4. The van der Waals surface area contributed by atoms with Gasteiger partial charge >= 0.3 is 0 Å². The van der Waals surface area contributed by atoms with Gasteiger partial charge in [-0.3, -0.25) is 4.79 Å². The molecule has 0 saturated carbocycles. The lowest BCUT2D eigenvalue weighted by atomic mass is 10.1. The maximum Gasteiger partial charge on any atom is 0.252 e. The number of amides is 1. The minimum absolute atomic E-state index is 0.00591. The van der Waals surface area contributed by atoms with Crippen LogP contribution in [0.4, 0.5) is 4.39 Å². The van der Waals surface area contributed by atoms with E-state index < -0.39 is 5.82 Å². The molecule has 2 rings (SSSR count). The molecule has 1 N–H and O–H groups in total. The lowest BCUT2D eigenvalue weighted by Crippen LogP contribution is -2.26. The van der Waals surface area contributed by atoms with Crippen molar-refractivity contribution in [1.29, 1.82) is 0 Å². The number of ether oxygens (including phenoxy) is 3. The molecule has 0 fully saturated rings. The number of carbonyl (C=O) groups is 1. The van der Waals surface area contributed by atoms with Crippen LogP contribution in [0.1, 0.15) is 28.9 Å². The molecular formula is C18H19ClFNO4. The fourth-order valence-corrected chi connectivity index (χ4v) is 2.55. The van der Waals surface area contributed by atoms with Gasteiger partial charge in [-0.1, -0.05) is 17.7 Å². The Morgan fingerprint density at radius 1 is 1.08 bits per heavy atom. The highest BCUT2D eigenvalue weighted by Crippen LogP contribution is 2.38. The second-order valence-corrected chi connectivity index (χ2v) is 5.69. The molecule has 0 heterocycles. The summed E-state index contributed by atoms with van der Waals surface area (Å²) in [6, 6.07) is 7.06. The number of hydrogen-bond donors (Lipinski definition) is 1. The van der Waals surface area contributed by atoms with E-state index in [0.717, 1.165) is 0 Å². The highest BCUT2D eigenvalue weighted by molar-refractivity contribution is 6.30. The Balaban J connectivity index is 2.26. The topological polar surface area (TPSA) is 56.8 Å². The average Bonchev–Trinajstić information content (AvgIpc) is 2.62. The molecule has 5 nitrogen and oxygen atoms in total. The molecule has 1 atom stereocenters. The maximum absolute atomic E-state index is 13.3. The van der Waals surface area contributed by atoms with Gasteiger partial charge in [0.15, 0.2) is 11.5 Å². The van der Waals surface area contributed by atoms with Crippen molar-refractivity contribution in [3.05, 3.63) is 52.3 Å². The van der Waals surface area contributed by atoms with Gasteiger partial charge in [0.1, 0.15) is 5.82 Å². The quantitative estimate of drug-likeness (QED) is 0.838. The van der Waals surface area contributed by atoms with Crippen LogP contribution in [-0.2, 0) is 0 Å². The summed E-state index contributed by atoms with van der Waals surface area (Å²) in [5.74, 6) is 0.314. The van der Waals surface area contributed by atoms with Gasteiger partial charge in [0.05, 0.1) is 32.4 Å². The van der Waals surface area contributed by atoms with Crippen molar-refractivity contribution in [2.45, 2.75) is 13.0 Å². The number of benzene rings is 2. The lowest BCUT2D eigenvalue weighted by Gasteiger charge is -2.17. The molecule has 0 aliphatic carbocycles. The molecule has 134 valence electrons. The lowest BCUT2D eigenvalue weighted by molar-refractivity contribution is 0.0939. The Kier molecular flexibility index (Phi) is 6.09. The zero-order valence-corrected chi connectivity index (χ0v) is 15.1. The van der Waals surface area contributed by atoms with E-state index >= 15 is 0 Å². The molecule has 0 radical (unpaired) electrons. The van der Waals surface area contributed by atoms with Crippen LogP contribution in [0, 0.1) is 5.82 Å². The third kappa shape index (κ3) is 4.14. The van der Waals surface area contributed by atoms with Gasteiger partial charge in [-0.2, -0.15) is 0 Å². The second-order valence-electron chi connectivity index (χ2n) is 5.28. The van der Waals surface area contributed by atoms with Gasteiger partial charge < -0.3 is 19.5 Å². The first-order valence-corrected chi connectivity index (χ1v) is 7.84. The Bertz CT molecular complexity index is 757. The monoisotopic (exact) mass is 367 g/mol. The minimum Gasteiger partial charge on any atom is -0.493 e. The van der Waals surface area contributed by atoms with Crippen molar-refractivity contribution < 1.29 is 23.4 Å². The van der Waals surface area contributed by atoms with Crippen LogP contribution in [0.25, 0.3) is 0 Å². The summed E-state index contributed by atoms with van der Waals surface area (Å²) in [5, 5.41) is 2.83. The van der Waals surface area contributed by atoms with Crippen LogP contribution in [-0.4, -0.2) is 27.2 Å². The standard InChI is InChI=1S/C18H19ClFNO4/c1-10(11-5-6-14(20)13(19)7-11)21-18(22)12-8-15(23-2)17(25-4)16(9-12)24-3/h5-10H,1-4H3,(H,21,22). The first kappa shape index (κ1) is 18.9. The number of nitrogens with one attached hydrogen (secondary N) is 1. The highest BCUT2D eigenvalue weighted by Gasteiger charge is 2.19. The van der Waals surface area contributed by atoms with E-state index in [0.29, 0.717) is 28.4 Å². The number of methoxy groups -OCH3 is 3. The molecule has 2 aromatic carbocycles. The van der Waals surface area contributed by atoms with E-state index in [1.165, 1.54) is 33.5 Å². The number of halogens is 2. The molecule has 0 aliphatic rings. The first-order chi connectivity index (χ1) is 11.9. The average molecular weight is 368 g/mol.